The highest BCUT2D eigenvalue weighted by Gasteiger charge is 2.09. The minimum absolute atomic E-state index is 0.110. The summed E-state index contributed by atoms with van der Waals surface area (Å²) in [6.07, 6.45) is 0. The van der Waals surface area contributed by atoms with Gasteiger partial charge in [0.1, 0.15) is 5.69 Å². The van der Waals surface area contributed by atoms with Gasteiger partial charge in [-0.2, -0.15) is 0 Å². The Kier molecular flexibility index (Phi) is 2.84. The molecule has 0 atom stereocenters. The molecule has 4 heteroatoms. The summed E-state index contributed by atoms with van der Waals surface area (Å²) in [6.45, 7) is 0. The maximum Gasteiger partial charge on any atom is 0.277 e. The Labute approximate surface area is 115 Å². The molecule has 0 unspecified atom stereocenters. The van der Waals surface area contributed by atoms with E-state index in [4.69, 9.17) is 11.6 Å². The fourth-order valence-electron chi connectivity index (χ4n) is 2.07. The van der Waals surface area contributed by atoms with Gasteiger partial charge in [0, 0.05) is 17.6 Å². The van der Waals surface area contributed by atoms with Gasteiger partial charge in [0.25, 0.3) is 5.56 Å². The largest absolute Gasteiger partial charge is 0.308 e. The van der Waals surface area contributed by atoms with E-state index in [-0.39, 0.29) is 5.56 Å². The van der Waals surface area contributed by atoms with Gasteiger partial charge in [-0.25, -0.2) is 4.98 Å². The van der Waals surface area contributed by atoms with Crippen LogP contribution in [0, 0.1) is 0 Å². The van der Waals surface area contributed by atoms with Gasteiger partial charge in [0.05, 0.1) is 11.0 Å². The maximum absolute atomic E-state index is 12.3. The van der Waals surface area contributed by atoms with Gasteiger partial charge in [0.2, 0.25) is 0 Å². The first-order valence-electron chi connectivity index (χ1n) is 5.88. The summed E-state index contributed by atoms with van der Waals surface area (Å²) in [5.41, 5.74) is 2.73. The average Bonchev–Trinajstić information content (AvgIpc) is 2.44. The molecule has 0 aliphatic carbocycles. The molecule has 0 N–H and O–H groups in total. The molecule has 3 nitrogen and oxygen atoms in total. The van der Waals surface area contributed by atoms with Crippen molar-refractivity contribution in [2.24, 2.45) is 7.05 Å². The summed E-state index contributed by atoms with van der Waals surface area (Å²) in [7, 11) is 1.76. The number of nitrogens with zero attached hydrogens (tertiary/aromatic N) is 2. The number of hydrogen-bond donors (Lipinski definition) is 0. The van der Waals surface area contributed by atoms with Crippen LogP contribution in [-0.2, 0) is 7.05 Å². The SMILES string of the molecule is Cn1c(=O)c(-c2ccc(Cl)cc2)nc2ccccc21. The summed E-state index contributed by atoms with van der Waals surface area (Å²) in [4.78, 5) is 16.8. The second-order valence-electron chi connectivity index (χ2n) is 4.32. The van der Waals surface area contributed by atoms with Crippen molar-refractivity contribution in [3.63, 3.8) is 0 Å². The lowest BCUT2D eigenvalue weighted by Crippen LogP contribution is -2.20. The Morgan fingerprint density at radius 2 is 1.74 bits per heavy atom. The highest BCUT2D eigenvalue weighted by molar-refractivity contribution is 6.30. The van der Waals surface area contributed by atoms with Gasteiger partial charge in [-0.05, 0) is 24.3 Å². The van der Waals surface area contributed by atoms with Gasteiger partial charge >= 0.3 is 0 Å². The van der Waals surface area contributed by atoms with Crippen molar-refractivity contribution in [1.29, 1.82) is 0 Å². The highest BCUT2D eigenvalue weighted by atomic mass is 35.5. The molecule has 0 bridgehead atoms. The van der Waals surface area contributed by atoms with E-state index in [1.807, 2.05) is 24.3 Å². The highest BCUT2D eigenvalue weighted by Crippen LogP contribution is 2.19. The van der Waals surface area contributed by atoms with Crippen molar-refractivity contribution >= 4 is 22.6 Å². The Bertz CT molecular complexity index is 806. The van der Waals surface area contributed by atoms with Crippen LogP contribution in [0.3, 0.4) is 0 Å². The fraction of sp³-hybridized carbons (Fsp3) is 0.0667. The molecular weight excluding hydrogens is 260 g/mol. The lowest BCUT2D eigenvalue weighted by molar-refractivity contribution is 0.896. The summed E-state index contributed by atoms with van der Waals surface area (Å²) in [6, 6.07) is 14.7. The van der Waals surface area contributed by atoms with Crippen molar-refractivity contribution < 1.29 is 0 Å². The number of halogens is 1. The molecule has 0 fully saturated rings. The van der Waals surface area contributed by atoms with E-state index < -0.39 is 0 Å². The monoisotopic (exact) mass is 270 g/mol. The molecular formula is C15H11ClN2O. The minimum Gasteiger partial charge on any atom is -0.308 e. The standard InChI is InChI=1S/C15H11ClN2O/c1-18-13-5-3-2-4-12(13)17-14(15(18)19)10-6-8-11(16)9-7-10/h2-9H,1H3. The number of fused-ring (bicyclic) bond motifs is 1. The van der Waals surface area contributed by atoms with Crippen LogP contribution in [-0.4, -0.2) is 9.55 Å². The van der Waals surface area contributed by atoms with Crippen molar-refractivity contribution in [1.82, 2.24) is 9.55 Å². The summed E-state index contributed by atoms with van der Waals surface area (Å²) in [5, 5.41) is 0.640. The third-order valence-electron chi connectivity index (χ3n) is 3.10. The number of benzene rings is 2. The predicted octanol–water partition coefficient (Wildman–Crippen LogP) is 3.25. The first kappa shape index (κ1) is 11.9. The zero-order valence-corrected chi connectivity index (χ0v) is 11.1. The summed E-state index contributed by atoms with van der Waals surface area (Å²) < 4.78 is 1.62. The molecule has 0 saturated carbocycles. The van der Waals surface area contributed by atoms with Crippen molar-refractivity contribution in [3.8, 4) is 11.3 Å². The fourth-order valence-corrected chi connectivity index (χ4v) is 2.20. The minimum atomic E-state index is -0.110. The van der Waals surface area contributed by atoms with Crippen molar-refractivity contribution in [2.45, 2.75) is 0 Å². The van der Waals surface area contributed by atoms with Crippen molar-refractivity contribution in [3.05, 3.63) is 63.9 Å². The molecule has 1 heterocycles. The molecule has 0 aliphatic rings. The molecule has 3 aromatic rings. The molecule has 0 amide bonds. The van der Waals surface area contributed by atoms with E-state index in [1.54, 1.807) is 35.9 Å². The topological polar surface area (TPSA) is 34.9 Å². The van der Waals surface area contributed by atoms with E-state index in [2.05, 4.69) is 4.98 Å². The maximum atomic E-state index is 12.3. The predicted molar refractivity (Wildman–Crippen MR) is 77.4 cm³/mol. The Morgan fingerprint density at radius 1 is 1.05 bits per heavy atom. The third-order valence-corrected chi connectivity index (χ3v) is 3.35. The Balaban J connectivity index is 2.33. The molecule has 2 aromatic carbocycles. The van der Waals surface area contributed by atoms with Crippen LogP contribution in [0.1, 0.15) is 0 Å². The molecule has 94 valence electrons. The van der Waals surface area contributed by atoms with Crippen LogP contribution in [0.15, 0.2) is 53.3 Å². The van der Waals surface area contributed by atoms with Crippen LogP contribution < -0.4 is 5.56 Å². The third kappa shape index (κ3) is 2.02. The first-order chi connectivity index (χ1) is 9.16. The Hall–Kier alpha value is -2.13. The normalized spacial score (nSPS) is 10.8. The van der Waals surface area contributed by atoms with E-state index >= 15 is 0 Å². The molecule has 1 aromatic heterocycles. The van der Waals surface area contributed by atoms with Gasteiger partial charge in [0.15, 0.2) is 0 Å². The molecule has 0 radical (unpaired) electrons. The van der Waals surface area contributed by atoms with Crippen LogP contribution in [0.2, 0.25) is 5.02 Å². The van der Waals surface area contributed by atoms with Crippen LogP contribution in [0.5, 0.6) is 0 Å². The first-order valence-corrected chi connectivity index (χ1v) is 6.26. The molecule has 19 heavy (non-hydrogen) atoms. The number of rotatable bonds is 1. The van der Waals surface area contributed by atoms with E-state index in [0.717, 1.165) is 16.6 Å². The van der Waals surface area contributed by atoms with Gasteiger partial charge in [-0.15, -0.1) is 0 Å². The molecule has 0 saturated heterocycles. The van der Waals surface area contributed by atoms with Gasteiger partial charge in [-0.1, -0.05) is 35.9 Å². The number of para-hydroxylation sites is 2. The van der Waals surface area contributed by atoms with Crippen LogP contribution in [0.25, 0.3) is 22.3 Å². The van der Waals surface area contributed by atoms with Gasteiger partial charge in [-0.3, -0.25) is 4.79 Å². The second kappa shape index (κ2) is 4.52. The number of aryl methyl sites for hydroxylation is 1. The van der Waals surface area contributed by atoms with Gasteiger partial charge < -0.3 is 4.57 Å². The average molecular weight is 271 g/mol. The molecule has 0 aliphatic heterocycles. The summed E-state index contributed by atoms with van der Waals surface area (Å²) in [5.74, 6) is 0. The lowest BCUT2D eigenvalue weighted by atomic mass is 10.1. The van der Waals surface area contributed by atoms with Crippen molar-refractivity contribution in [2.75, 3.05) is 0 Å². The zero-order chi connectivity index (χ0) is 13.4. The van der Waals surface area contributed by atoms with Crippen LogP contribution >= 0.6 is 11.6 Å². The second-order valence-corrected chi connectivity index (χ2v) is 4.76. The van der Waals surface area contributed by atoms with E-state index in [9.17, 15) is 4.79 Å². The molecule has 0 spiro atoms. The quantitative estimate of drug-likeness (QED) is 0.680. The smallest absolute Gasteiger partial charge is 0.277 e. The van der Waals surface area contributed by atoms with E-state index in [1.165, 1.54) is 0 Å². The lowest BCUT2D eigenvalue weighted by Gasteiger charge is -2.07. The zero-order valence-electron chi connectivity index (χ0n) is 10.3. The Morgan fingerprint density at radius 3 is 2.47 bits per heavy atom. The van der Waals surface area contributed by atoms with Crippen LogP contribution in [0.4, 0.5) is 0 Å². The number of aromatic nitrogens is 2. The summed E-state index contributed by atoms with van der Waals surface area (Å²) >= 11 is 5.86. The van der Waals surface area contributed by atoms with E-state index in [0.29, 0.717) is 10.7 Å². The number of hydrogen-bond acceptors (Lipinski definition) is 2. The molecule has 3 rings (SSSR count).